The summed E-state index contributed by atoms with van der Waals surface area (Å²) in [5.41, 5.74) is 0. The van der Waals surface area contributed by atoms with E-state index < -0.39 is 0 Å². The van der Waals surface area contributed by atoms with Gasteiger partial charge >= 0.3 is 0 Å². The topological polar surface area (TPSA) is 47.9 Å². The molecule has 3 rings (SSSR count). The van der Waals surface area contributed by atoms with Crippen molar-refractivity contribution in [1.29, 1.82) is 0 Å². The fraction of sp³-hybridized carbons (Fsp3) is 0.250. The molecule has 0 aromatic carbocycles. The Kier molecular flexibility index (Phi) is 2.65. The summed E-state index contributed by atoms with van der Waals surface area (Å²) in [5, 5.41) is 0.443. The summed E-state index contributed by atoms with van der Waals surface area (Å²) in [4.78, 5) is 12.5. The van der Waals surface area contributed by atoms with Gasteiger partial charge in [0.1, 0.15) is 16.7 Å². The molecule has 0 amide bonds. The van der Waals surface area contributed by atoms with Crippen LogP contribution in [0.25, 0.3) is 0 Å². The Bertz CT molecular complexity index is 526. The molecular weight excluding hydrogens is 238 g/mol. The van der Waals surface area contributed by atoms with E-state index in [-0.39, 0.29) is 0 Å². The third-order valence-electron chi connectivity index (χ3n) is 2.51. The highest BCUT2D eigenvalue weighted by molar-refractivity contribution is 6.29. The van der Waals surface area contributed by atoms with Crippen LogP contribution in [-0.4, -0.2) is 15.0 Å². The van der Waals surface area contributed by atoms with E-state index in [0.717, 1.165) is 5.82 Å². The largest absolute Gasteiger partial charge is 0.437 e. The lowest BCUT2D eigenvalue weighted by molar-refractivity contribution is 0.456. The average molecular weight is 248 g/mol. The predicted molar refractivity (Wildman–Crippen MR) is 63.3 cm³/mol. The van der Waals surface area contributed by atoms with Crippen molar-refractivity contribution in [3.8, 4) is 11.6 Å². The first kappa shape index (κ1) is 10.5. The summed E-state index contributed by atoms with van der Waals surface area (Å²) in [6.07, 6.45) is 5.64. The second-order valence-electron chi connectivity index (χ2n) is 3.95. The minimum Gasteiger partial charge on any atom is -0.437 e. The van der Waals surface area contributed by atoms with Crippen LogP contribution < -0.4 is 4.74 Å². The first-order valence-corrected chi connectivity index (χ1v) is 5.81. The van der Waals surface area contributed by atoms with Gasteiger partial charge in [0.2, 0.25) is 5.88 Å². The minimum atomic E-state index is 0.443. The number of pyridine rings is 1. The maximum absolute atomic E-state index is 5.70. The first-order chi connectivity index (χ1) is 8.31. The molecule has 17 heavy (non-hydrogen) atoms. The third kappa shape index (κ3) is 2.53. The molecule has 0 N–H and O–H groups in total. The molecule has 1 fully saturated rings. The summed E-state index contributed by atoms with van der Waals surface area (Å²) in [6, 6.07) is 5.18. The summed E-state index contributed by atoms with van der Waals surface area (Å²) >= 11 is 5.70. The molecule has 2 aromatic rings. The van der Waals surface area contributed by atoms with Gasteiger partial charge in [-0.1, -0.05) is 11.6 Å². The Morgan fingerprint density at radius 3 is 2.76 bits per heavy atom. The van der Waals surface area contributed by atoms with Gasteiger partial charge in [-0.25, -0.2) is 9.97 Å². The van der Waals surface area contributed by atoms with E-state index in [2.05, 4.69) is 15.0 Å². The van der Waals surface area contributed by atoms with E-state index in [4.69, 9.17) is 16.3 Å². The maximum atomic E-state index is 5.70. The molecule has 0 unspecified atom stereocenters. The summed E-state index contributed by atoms with van der Waals surface area (Å²) in [5.74, 6) is 2.55. The van der Waals surface area contributed by atoms with Gasteiger partial charge in [-0.2, -0.15) is 4.98 Å². The summed E-state index contributed by atoms with van der Waals surface area (Å²) < 4.78 is 5.58. The smallest absolute Gasteiger partial charge is 0.222 e. The fourth-order valence-corrected chi connectivity index (χ4v) is 1.61. The Morgan fingerprint density at radius 2 is 2.06 bits per heavy atom. The van der Waals surface area contributed by atoms with Crippen LogP contribution in [-0.2, 0) is 0 Å². The van der Waals surface area contributed by atoms with Crippen molar-refractivity contribution in [1.82, 2.24) is 15.0 Å². The van der Waals surface area contributed by atoms with Crippen LogP contribution in [0.3, 0.4) is 0 Å². The van der Waals surface area contributed by atoms with Crippen LogP contribution in [0.5, 0.6) is 11.6 Å². The van der Waals surface area contributed by atoms with E-state index in [9.17, 15) is 0 Å². The molecule has 1 saturated carbocycles. The zero-order valence-electron chi connectivity index (χ0n) is 9.01. The first-order valence-electron chi connectivity index (χ1n) is 5.43. The van der Waals surface area contributed by atoms with Crippen LogP contribution in [0.2, 0.25) is 5.15 Å². The molecule has 0 aliphatic heterocycles. The summed E-state index contributed by atoms with van der Waals surface area (Å²) in [6.45, 7) is 0. The molecule has 4 nitrogen and oxygen atoms in total. The highest BCUT2D eigenvalue weighted by Crippen LogP contribution is 2.38. The number of hydrogen-bond acceptors (Lipinski definition) is 4. The van der Waals surface area contributed by atoms with Gasteiger partial charge in [-0.3, -0.25) is 0 Å². The average Bonchev–Trinajstić information content (AvgIpc) is 3.17. The maximum Gasteiger partial charge on any atom is 0.222 e. The van der Waals surface area contributed by atoms with E-state index >= 15 is 0 Å². The van der Waals surface area contributed by atoms with E-state index in [1.807, 2.05) is 0 Å². The number of rotatable bonds is 3. The fourth-order valence-electron chi connectivity index (χ4n) is 1.49. The van der Waals surface area contributed by atoms with Gasteiger partial charge < -0.3 is 4.74 Å². The lowest BCUT2D eigenvalue weighted by atomic mass is 10.4. The van der Waals surface area contributed by atoms with Crippen molar-refractivity contribution in [3.63, 3.8) is 0 Å². The van der Waals surface area contributed by atoms with Gasteiger partial charge in [0.15, 0.2) is 0 Å². The zero-order chi connectivity index (χ0) is 11.7. The quantitative estimate of drug-likeness (QED) is 0.782. The molecular formula is C12H10ClN3O. The lowest BCUT2D eigenvalue weighted by Gasteiger charge is -2.05. The van der Waals surface area contributed by atoms with Gasteiger partial charge in [0.05, 0.1) is 6.20 Å². The van der Waals surface area contributed by atoms with Crippen molar-refractivity contribution in [2.75, 3.05) is 0 Å². The molecule has 5 heteroatoms. The second-order valence-corrected chi connectivity index (χ2v) is 4.33. The Labute approximate surface area is 104 Å². The molecule has 2 aromatic heterocycles. The number of halogens is 1. The molecule has 0 bridgehead atoms. The van der Waals surface area contributed by atoms with E-state index in [0.29, 0.717) is 22.7 Å². The minimum absolute atomic E-state index is 0.443. The molecule has 2 heterocycles. The molecule has 1 aliphatic rings. The lowest BCUT2D eigenvalue weighted by Crippen LogP contribution is -1.95. The van der Waals surface area contributed by atoms with Crippen molar-refractivity contribution in [2.45, 2.75) is 18.8 Å². The van der Waals surface area contributed by atoms with Gasteiger partial charge in [-0.05, 0) is 25.0 Å². The monoisotopic (exact) mass is 247 g/mol. The molecule has 86 valence electrons. The Hall–Kier alpha value is -1.68. The molecule has 0 atom stereocenters. The predicted octanol–water partition coefficient (Wildman–Crippen LogP) is 3.19. The van der Waals surface area contributed by atoms with Gasteiger partial charge in [-0.15, -0.1) is 0 Å². The number of hydrogen-bond donors (Lipinski definition) is 0. The van der Waals surface area contributed by atoms with Crippen molar-refractivity contribution in [2.24, 2.45) is 0 Å². The van der Waals surface area contributed by atoms with E-state index in [1.54, 1.807) is 30.6 Å². The number of aromatic nitrogens is 3. The van der Waals surface area contributed by atoms with Crippen molar-refractivity contribution in [3.05, 3.63) is 41.6 Å². The Balaban J connectivity index is 1.79. The zero-order valence-corrected chi connectivity index (χ0v) is 9.76. The van der Waals surface area contributed by atoms with Crippen LogP contribution >= 0.6 is 11.6 Å². The molecule has 1 aliphatic carbocycles. The number of ether oxygens (including phenoxy) is 1. The van der Waals surface area contributed by atoms with Gasteiger partial charge in [0, 0.05) is 18.2 Å². The highest BCUT2D eigenvalue weighted by Gasteiger charge is 2.26. The van der Waals surface area contributed by atoms with Gasteiger partial charge in [0.25, 0.3) is 0 Å². The third-order valence-corrected chi connectivity index (χ3v) is 2.74. The van der Waals surface area contributed by atoms with Crippen LogP contribution in [0, 0.1) is 0 Å². The SMILES string of the molecule is Clc1ccc(Oc2ccnc(C3CC3)n2)cn1. The number of nitrogens with zero attached hydrogens (tertiary/aromatic N) is 3. The van der Waals surface area contributed by atoms with E-state index in [1.165, 1.54) is 12.8 Å². The van der Waals surface area contributed by atoms with Crippen LogP contribution in [0.4, 0.5) is 0 Å². The standard InChI is InChI=1S/C12H10ClN3O/c13-10-4-3-9(7-15-10)17-11-5-6-14-12(16-11)8-1-2-8/h3-8H,1-2H2. The second kappa shape index (κ2) is 4.30. The summed E-state index contributed by atoms with van der Waals surface area (Å²) in [7, 11) is 0. The van der Waals surface area contributed by atoms with Crippen LogP contribution in [0.15, 0.2) is 30.6 Å². The van der Waals surface area contributed by atoms with Crippen molar-refractivity contribution >= 4 is 11.6 Å². The highest BCUT2D eigenvalue weighted by atomic mass is 35.5. The van der Waals surface area contributed by atoms with Crippen molar-refractivity contribution < 1.29 is 4.74 Å². The molecule has 0 radical (unpaired) electrons. The normalized spacial score (nSPS) is 14.6. The molecule has 0 spiro atoms. The Morgan fingerprint density at radius 1 is 1.18 bits per heavy atom. The van der Waals surface area contributed by atoms with Crippen LogP contribution in [0.1, 0.15) is 24.6 Å². The molecule has 0 saturated heterocycles.